The largest absolute Gasteiger partial charge is 0.465 e. The summed E-state index contributed by atoms with van der Waals surface area (Å²) in [6, 6.07) is -0.958. The minimum absolute atomic E-state index is 0.0441. The number of unbranched alkanes of at least 4 members (excludes halogenated alkanes) is 2. The van der Waals surface area contributed by atoms with Crippen LogP contribution in [0.2, 0.25) is 0 Å². The first kappa shape index (κ1) is 32.4. The van der Waals surface area contributed by atoms with Crippen LogP contribution in [0.5, 0.6) is 0 Å². The molecule has 0 radical (unpaired) electrons. The number of aromatic nitrogens is 4. The lowest BCUT2D eigenvalue weighted by Crippen LogP contribution is -2.34. The Balaban J connectivity index is 1.75. The monoisotopic (exact) mass is 597 g/mol. The first-order valence-electron chi connectivity index (χ1n) is 13.8. The van der Waals surface area contributed by atoms with Crippen LogP contribution in [0.15, 0.2) is 15.9 Å². The van der Waals surface area contributed by atoms with Crippen LogP contribution < -0.4 is 16.4 Å². The van der Waals surface area contributed by atoms with Crippen molar-refractivity contribution in [2.75, 3.05) is 25.1 Å². The Hall–Kier alpha value is -3.13. The van der Waals surface area contributed by atoms with Crippen LogP contribution >= 0.6 is 7.44 Å². The van der Waals surface area contributed by atoms with Crippen LogP contribution in [-0.2, 0) is 28.4 Å². The van der Waals surface area contributed by atoms with E-state index in [4.69, 9.17) is 19.9 Å². The predicted octanol–water partition coefficient (Wildman–Crippen LogP) is 2.06. The molecule has 0 saturated carbocycles. The average molecular weight is 598 g/mol. The van der Waals surface area contributed by atoms with Crippen molar-refractivity contribution in [1.82, 2.24) is 24.6 Å². The number of aliphatic hydroxyl groups is 1. The fourth-order valence-corrected chi connectivity index (χ4v) is 6.45. The number of nitrogens with two attached hydrogens (primary N) is 1. The van der Waals surface area contributed by atoms with Gasteiger partial charge >= 0.3 is 11.9 Å². The second-order valence-corrected chi connectivity index (χ2v) is 12.3. The number of ether oxygens (including phenoxy) is 3. The van der Waals surface area contributed by atoms with E-state index in [9.17, 15) is 24.1 Å². The predicted molar refractivity (Wildman–Crippen MR) is 152 cm³/mol. The van der Waals surface area contributed by atoms with Gasteiger partial charge in [-0.1, -0.05) is 26.7 Å². The van der Waals surface area contributed by atoms with E-state index in [0.717, 1.165) is 12.8 Å². The Labute approximate surface area is 237 Å². The molecular weight excluding hydrogens is 557 g/mol. The van der Waals surface area contributed by atoms with Crippen molar-refractivity contribution < 1.29 is 33.5 Å². The summed E-state index contributed by atoms with van der Waals surface area (Å²) in [6.45, 7) is 7.30. The SMILES string of the molecule is CCCCOC(=O)C(C)=NP(=O)(CC[C@@H]1C[C@@H](O)[C@H](n2cnc3c(=O)[nH]c(N)nc32)O1)N[C@@H](C)C(=O)OCCCC. The zero-order valence-corrected chi connectivity index (χ0v) is 24.8. The molecule has 0 aromatic carbocycles. The minimum Gasteiger partial charge on any atom is -0.465 e. The number of anilines is 1. The third-order valence-corrected chi connectivity index (χ3v) is 8.75. The summed E-state index contributed by atoms with van der Waals surface area (Å²) in [6.07, 6.45) is 2.18. The zero-order valence-electron chi connectivity index (χ0n) is 23.9. The molecule has 5 N–H and O–H groups in total. The minimum atomic E-state index is -3.74. The number of fused-ring (bicyclic) bond motifs is 1. The summed E-state index contributed by atoms with van der Waals surface area (Å²) in [5.41, 5.74) is 5.26. The molecule has 0 aliphatic carbocycles. The van der Waals surface area contributed by atoms with Gasteiger partial charge < -0.3 is 25.1 Å². The number of nitrogen functional groups attached to an aromatic ring is 1. The molecular formula is C25H40N7O8P. The molecule has 0 spiro atoms. The number of nitrogens with one attached hydrogen (secondary N) is 2. The third kappa shape index (κ3) is 8.68. The smallest absolute Gasteiger partial charge is 0.352 e. The fraction of sp³-hybridized carbons (Fsp3) is 0.680. The molecule has 2 aromatic rings. The van der Waals surface area contributed by atoms with Gasteiger partial charge in [0.1, 0.15) is 17.9 Å². The maximum atomic E-state index is 14.0. The zero-order chi connectivity index (χ0) is 30.2. The van der Waals surface area contributed by atoms with Crippen LogP contribution in [0, 0.1) is 0 Å². The topological polar surface area (TPSA) is 213 Å². The van der Waals surface area contributed by atoms with Gasteiger partial charge in [-0.15, -0.1) is 0 Å². The summed E-state index contributed by atoms with van der Waals surface area (Å²) >= 11 is 0. The van der Waals surface area contributed by atoms with Crippen molar-refractivity contribution in [3.8, 4) is 0 Å². The number of aromatic amines is 1. The van der Waals surface area contributed by atoms with Gasteiger partial charge in [-0.25, -0.2) is 19.6 Å². The highest BCUT2D eigenvalue weighted by molar-refractivity contribution is 7.60. The molecule has 16 heteroatoms. The molecule has 41 heavy (non-hydrogen) atoms. The van der Waals surface area contributed by atoms with E-state index >= 15 is 0 Å². The number of hydrogen-bond donors (Lipinski definition) is 4. The van der Waals surface area contributed by atoms with E-state index < -0.39 is 49.4 Å². The molecule has 1 aliphatic rings. The lowest BCUT2D eigenvalue weighted by Gasteiger charge is -2.22. The average Bonchev–Trinajstić information content (AvgIpc) is 3.50. The van der Waals surface area contributed by atoms with Gasteiger partial charge in [-0.3, -0.25) is 23.7 Å². The van der Waals surface area contributed by atoms with Gasteiger partial charge in [-0.05, 0) is 33.1 Å². The Kier molecular flexibility index (Phi) is 11.6. The normalized spacial score (nSPS) is 21.5. The van der Waals surface area contributed by atoms with Crippen molar-refractivity contribution in [3.63, 3.8) is 0 Å². The molecule has 5 atom stereocenters. The first-order valence-corrected chi connectivity index (χ1v) is 15.7. The number of rotatable bonds is 15. The highest BCUT2D eigenvalue weighted by Gasteiger charge is 2.38. The fourth-order valence-electron chi connectivity index (χ4n) is 4.25. The molecule has 1 aliphatic heterocycles. The standard InChI is InChI=1S/C25H40N7O8P/c1-5-7-10-38-23(35)15(3)30-41(37,31-16(4)24(36)39-11-8-6-2)12-9-17-13-18(33)22(40-17)32-14-27-19-20(32)28-25(26)29-21(19)34/h14-15,17-18,22,33H,5-13H2,1-4H3,(H,30,37)(H3,26,28,29,34)/t15-,17+,18+,22+,41?/m0/s1. The second kappa shape index (κ2) is 14.7. The van der Waals surface area contributed by atoms with Gasteiger partial charge in [0.15, 0.2) is 17.4 Å². The molecule has 15 nitrogen and oxygen atoms in total. The van der Waals surface area contributed by atoms with Crippen LogP contribution in [-0.4, -0.2) is 79.9 Å². The number of esters is 2. The van der Waals surface area contributed by atoms with E-state index in [0.29, 0.717) is 12.8 Å². The lowest BCUT2D eigenvalue weighted by molar-refractivity contribution is -0.145. The molecule has 228 valence electrons. The van der Waals surface area contributed by atoms with E-state index in [-0.39, 0.29) is 55.0 Å². The molecule has 0 amide bonds. The van der Waals surface area contributed by atoms with Gasteiger partial charge in [-0.2, -0.15) is 4.98 Å². The molecule has 0 bridgehead atoms. The molecule has 3 heterocycles. The van der Waals surface area contributed by atoms with Gasteiger partial charge in [0.05, 0.1) is 25.6 Å². The molecule has 1 unspecified atom stereocenters. The van der Waals surface area contributed by atoms with E-state index in [1.165, 1.54) is 24.7 Å². The number of carbonyl (C=O) groups is 2. The van der Waals surface area contributed by atoms with Crippen molar-refractivity contribution in [2.24, 2.45) is 4.76 Å². The Morgan fingerprint density at radius 3 is 2.68 bits per heavy atom. The highest BCUT2D eigenvalue weighted by Crippen LogP contribution is 2.46. The second-order valence-electron chi connectivity index (χ2n) is 9.99. The van der Waals surface area contributed by atoms with Gasteiger partial charge in [0, 0.05) is 12.6 Å². The Morgan fingerprint density at radius 2 is 2.00 bits per heavy atom. The van der Waals surface area contributed by atoms with Gasteiger partial charge in [0.2, 0.25) is 5.95 Å². The molecule has 3 rings (SSSR count). The number of carbonyl (C=O) groups excluding carboxylic acids is 2. The van der Waals surface area contributed by atoms with E-state index in [1.54, 1.807) is 0 Å². The summed E-state index contributed by atoms with van der Waals surface area (Å²) in [5, 5.41) is 13.5. The summed E-state index contributed by atoms with van der Waals surface area (Å²) < 4.78 is 36.1. The molecule has 2 aromatic heterocycles. The van der Waals surface area contributed by atoms with Crippen LogP contribution in [0.3, 0.4) is 0 Å². The van der Waals surface area contributed by atoms with Crippen molar-refractivity contribution in [1.29, 1.82) is 0 Å². The van der Waals surface area contributed by atoms with Crippen molar-refractivity contribution in [3.05, 3.63) is 16.7 Å². The maximum Gasteiger partial charge on any atom is 0.352 e. The van der Waals surface area contributed by atoms with Crippen molar-refractivity contribution in [2.45, 2.75) is 90.7 Å². The Morgan fingerprint density at radius 1 is 1.32 bits per heavy atom. The number of imidazole rings is 1. The lowest BCUT2D eigenvalue weighted by atomic mass is 10.1. The Bertz CT molecular complexity index is 1340. The van der Waals surface area contributed by atoms with Crippen LogP contribution in [0.1, 0.15) is 72.4 Å². The maximum absolute atomic E-state index is 14.0. The van der Waals surface area contributed by atoms with Crippen LogP contribution in [0.25, 0.3) is 11.2 Å². The number of H-pyrrole nitrogens is 1. The number of hydrogen-bond acceptors (Lipinski definition) is 11. The summed E-state index contributed by atoms with van der Waals surface area (Å²) in [4.78, 5) is 47.6. The molecule has 1 saturated heterocycles. The van der Waals surface area contributed by atoms with Crippen LogP contribution in [0.4, 0.5) is 5.95 Å². The van der Waals surface area contributed by atoms with E-state index in [2.05, 4.69) is 24.8 Å². The summed E-state index contributed by atoms with van der Waals surface area (Å²) in [7, 11) is -3.74. The van der Waals surface area contributed by atoms with Gasteiger partial charge in [0.25, 0.3) is 13.0 Å². The van der Waals surface area contributed by atoms with Crippen molar-refractivity contribution >= 4 is 42.2 Å². The molecule has 1 fully saturated rings. The highest BCUT2D eigenvalue weighted by atomic mass is 31.2. The summed E-state index contributed by atoms with van der Waals surface area (Å²) in [5.74, 6) is -1.39. The third-order valence-electron chi connectivity index (χ3n) is 6.47. The first-order chi connectivity index (χ1) is 19.5. The number of nitrogens with zero attached hydrogens (tertiary/aromatic N) is 4. The van der Waals surface area contributed by atoms with E-state index in [1.807, 2.05) is 13.8 Å². The number of aliphatic hydroxyl groups excluding tert-OH is 1. The quantitative estimate of drug-likeness (QED) is 0.100.